The molecule has 0 unspecified atom stereocenters. The zero-order valence-electron chi connectivity index (χ0n) is 20.9. The van der Waals surface area contributed by atoms with Crippen molar-refractivity contribution >= 4 is 75.3 Å². The van der Waals surface area contributed by atoms with Crippen molar-refractivity contribution in [2.75, 3.05) is 0 Å². The van der Waals surface area contributed by atoms with E-state index in [2.05, 4.69) is 132 Å². The van der Waals surface area contributed by atoms with Gasteiger partial charge in [-0.3, -0.25) is 0 Å². The standard InChI is InChI=1S/C36H21NOS/c1-2-9-25(10-3-1)37-30-13-7-6-12-27(30)36-35(37)28-17-14-23(20-31(28)38-36)24-15-18-29-33(21-24)39-32-19-16-22-8-4-5-11-26(22)34(29)32/h1-21H. The smallest absolute Gasteiger partial charge is 0.161 e. The van der Waals surface area contributed by atoms with Gasteiger partial charge in [0.05, 0.1) is 5.52 Å². The third kappa shape index (κ3) is 2.96. The lowest BCUT2D eigenvalue weighted by molar-refractivity contribution is 0.673. The van der Waals surface area contributed by atoms with Crippen molar-refractivity contribution < 1.29 is 4.42 Å². The fraction of sp³-hybridized carbons (Fsp3) is 0. The summed E-state index contributed by atoms with van der Waals surface area (Å²) in [5.74, 6) is 0. The van der Waals surface area contributed by atoms with Crippen molar-refractivity contribution in [2.24, 2.45) is 0 Å². The Bertz CT molecular complexity index is 2390. The van der Waals surface area contributed by atoms with Crippen LogP contribution in [0.3, 0.4) is 0 Å². The molecule has 39 heavy (non-hydrogen) atoms. The van der Waals surface area contributed by atoms with Crippen molar-refractivity contribution in [3.63, 3.8) is 0 Å². The first-order valence-electron chi connectivity index (χ1n) is 13.2. The Labute approximate surface area is 227 Å². The normalized spacial score (nSPS) is 12.1. The zero-order valence-corrected chi connectivity index (χ0v) is 21.7. The number of para-hydroxylation sites is 2. The molecule has 3 aromatic heterocycles. The second-order valence-corrected chi connectivity index (χ2v) is 11.2. The predicted octanol–water partition coefficient (Wildman–Crippen LogP) is 10.7. The molecule has 0 amide bonds. The highest BCUT2D eigenvalue weighted by Gasteiger charge is 2.19. The summed E-state index contributed by atoms with van der Waals surface area (Å²) < 4.78 is 11.6. The lowest BCUT2D eigenvalue weighted by Gasteiger charge is -2.07. The predicted molar refractivity (Wildman–Crippen MR) is 166 cm³/mol. The number of thiophene rings is 1. The van der Waals surface area contributed by atoms with Gasteiger partial charge >= 0.3 is 0 Å². The first-order chi connectivity index (χ1) is 19.3. The molecule has 6 aromatic carbocycles. The molecule has 0 aliphatic rings. The number of nitrogens with zero attached hydrogens (tertiary/aromatic N) is 1. The van der Waals surface area contributed by atoms with Gasteiger partial charge in [-0.15, -0.1) is 11.3 Å². The molecule has 3 heterocycles. The molecule has 2 nitrogen and oxygen atoms in total. The molecule has 0 aliphatic carbocycles. The summed E-state index contributed by atoms with van der Waals surface area (Å²) in [4.78, 5) is 0. The average Bonchev–Trinajstić information content (AvgIpc) is 3.65. The van der Waals surface area contributed by atoms with E-state index in [1.165, 1.54) is 42.1 Å². The van der Waals surface area contributed by atoms with Crippen molar-refractivity contribution in [1.82, 2.24) is 4.57 Å². The molecule has 9 aromatic rings. The van der Waals surface area contributed by atoms with Gasteiger partial charge in [0.25, 0.3) is 0 Å². The Morgan fingerprint density at radius 2 is 1.28 bits per heavy atom. The van der Waals surface area contributed by atoms with Gasteiger partial charge in [0, 0.05) is 36.6 Å². The summed E-state index contributed by atoms with van der Waals surface area (Å²) in [6.07, 6.45) is 0. The molecule has 182 valence electrons. The summed E-state index contributed by atoms with van der Waals surface area (Å²) in [7, 11) is 0. The SMILES string of the molecule is c1ccc(-n2c3ccccc3c3oc4cc(-c5ccc6c(c5)sc5ccc7ccccc7c56)ccc4c32)cc1. The van der Waals surface area contributed by atoms with E-state index in [1.807, 2.05) is 11.3 Å². The Kier molecular flexibility index (Phi) is 4.24. The monoisotopic (exact) mass is 515 g/mol. The molecule has 0 aliphatic heterocycles. The first kappa shape index (κ1) is 21.1. The van der Waals surface area contributed by atoms with Gasteiger partial charge < -0.3 is 8.98 Å². The molecular weight excluding hydrogens is 494 g/mol. The maximum atomic E-state index is 6.60. The summed E-state index contributed by atoms with van der Waals surface area (Å²) in [5.41, 5.74) is 7.64. The molecule has 0 saturated heterocycles. The van der Waals surface area contributed by atoms with E-state index in [9.17, 15) is 0 Å². The number of furan rings is 1. The minimum Gasteiger partial charge on any atom is -0.454 e. The van der Waals surface area contributed by atoms with Crippen molar-refractivity contribution in [2.45, 2.75) is 0 Å². The molecule has 0 atom stereocenters. The Hall–Kier alpha value is -4.86. The van der Waals surface area contributed by atoms with E-state index in [1.54, 1.807) is 0 Å². The van der Waals surface area contributed by atoms with E-state index in [0.29, 0.717) is 0 Å². The minimum absolute atomic E-state index is 0.912. The summed E-state index contributed by atoms with van der Waals surface area (Å²) in [6, 6.07) is 45.7. The molecule has 3 heteroatoms. The van der Waals surface area contributed by atoms with Gasteiger partial charge in [0.2, 0.25) is 0 Å². The fourth-order valence-electron chi connectivity index (χ4n) is 6.22. The highest BCUT2D eigenvalue weighted by molar-refractivity contribution is 7.26. The summed E-state index contributed by atoms with van der Waals surface area (Å²) in [5, 5.41) is 7.55. The van der Waals surface area contributed by atoms with Crippen LogP contribution in [0.15, 0.2) is 132 Å². The third-order valence-electron chi connectivity index (χ3n) is 7.99. The Balaban J connectivity index is 1.25. The minimum atomic E-state index is 0.912. The van der Waals surface area contributed by atoms with Crippen molar-refractivity contribution in [3.05, 3.63) is 127 Å². The van der Waals surface area contributed by atoms with E-state index < -0.39 is 0 Å². The maximum Gasteiger partial charge on any atom is 0.161 e. The number of hydrogen-bond acceptors (Lipinski definition) is 2. The van der Waals surface area contributed by atoms with Crippen LogP contribution in [0.5, 0.6) is 0 Å². The number of hydrogen-bond donors (Lipinski definition) is 0. The van der Waals surface area contributed by atoms with Crippen LogP contribution in [-0.2, 0) is 0 Å². The van der Waals surface area contributed by atoms with Gasteiger partial charge in [-0.05, 0) is 70.4 Å². The van der Waals surface area contributed by atoms with Crippen molar-refractivity contribution in [3.8, 4) is 16.8 Å². The van der Waals surface area contributed by atoms with E-state index in [0.717, 1.165) is 38.7 Å². The van der Waals surface area contributed by atoms with Crippen molar-refractivity contribution in [1.29, 1.82) is 0 Å². The van der Waals surface area contributed by atoms with Gasteiger partial charge in [0.15, 0.2) is 5.58 Å². The average molecular weight is 516 g/mol. The number of fused-ring (bicyclic) bond motifs is 10. The van der Waals surface area contributed by atoms with Crippen LogP contribution in [0.1, 0.15) is 0 Å². The molecule has 9 rings (SSSR count). The number of aromatic nitrogens is 1. The van der Waals surface area contributed by atoms with Crippen LogP contribution in [0, 0.1) is 0 Å². The van der Waals surface area contributed by atoms with Crippen LogP contribution in [-0.4, -0.2) is 4.57 Å². The van der Waals surface area contributed by atoms with E-state index in [4.69, 9.17) is 4.42 Å². The Morgan fingerprint density at radius 1 is 0.538 bits per heavy atom. The summed E-state index contributed by atoms with van der Waals surface area (Å²) >= 11 is 1.87. The third-order valence-corrected chi connectivity index (χ3v) is 9.10. The number of rotatable bonds is 2. The van der Waals surface area contributed by atoms with Crippen LogP contribution in [0.4, 0.5) is 0 Å². The molecule has 0 radical (unpaired) electrons. The lowest BCUT2D eigenvalue weighted by atomic mass is 10.0. The van der Waals surface area contributed by atoms with Crippen LogP contribution < -0.4 is 0 Å². The van der Waals surface area contributed by atoms with Gasteiger partial charge in [-0.25, -0.2) is 0 Å². The molecule has 0 spiro atoms. The quantitative estimate of drug-likeness (QED) is 0.224. The zero-order chi connectivity index (χ0) is 25.5. The molecule has 0 N–H and O–H groups in total. The van der Waals surface area contributed by atoms with Crippen LogP contribution in [0.25, 0.3) is 80.7 Å². The van der Waals surface area contributed by atoms with E-state index in [-0.39, 0.29) is 0 Å². The molecule has 0 bridgehead atoms. The highest BCUT2D eigenvalue weighted by Crippen LogP contribution is 2.42. The Morgan fingerprint density at radius 3 is 2.18 bits per heavy atom. The van der Waals surface area contributed by atoms with Gasteiger partial charge in [0.1, 0.15) is 11.1 Å². The molecular formula is C36H21NOS. The lowest BCUT2D eigenvalue weighted by Crippen LogP contribution is -1.92. The largest absolute Gasteiger partial charge is 0.454 e. The second-order valence-electron chi connectivity index (χ2n) is 10.2. The topological polar surface area (TPSA) is 18.1 Å². The summed E-state index contributed by atoms with van der Waals surface area (Å²) in [6.45, 7) is 0. The van der Waals surface area contributed by atoms with Crippen LogP contribution in [0.2, 0.25) is 0 Å². The maximum absolute atomic E-state index is 6.60. The van der Waals surface area contributed by atoms with Crippen LogP contribution >= 0.6 is 11.3 Å². The highest BCUT2D eigenvalue weighted by atomic mass is 32.1. The van der Waals surface area contributed by atoms with Gasteiger partial charge in [-0.1, -0.05) is 78.9 Å². The molecule has 0 saturated carbocycles. The second kappa shape index (κ2) is 7.83. The first-order valence-corrected chi connectivity index (χ1v) is 14.0. The number of benzene rings is 6. The fourth-order valence-corrected chi connectivity index (χ4v) is 7.38. The van der Waals surface area contributed by atoms with Gasteiger partial charge in [-0.2, -0.15) is 0 Å². The molecule has 0 fully saturated rings. The van der Waals surface area contributed by atoms with E-state index >= 15 is 0 Å².